The van der Waals surface area contributed by atoms with Crippen LogP contribution >= 0.6 is 11.6 Å². The van der Waals surface area contributed by atoms with Crippen LogP contribution in [-0.4, -0.2) is 54.2 Å². The van der Waals surface area contributed by atoms with Gasteiger partial charge in [0.2, 0.25) is 0 Å². The number of hydrogen-bond acceptors (Lipinski definition) is 5. The molecule has 1 heterocycles. The van der Waals surface area contributed by atoms with Gasteiger partial charge >= 0.3 is 6.09 Å². The third kappa shape index (κ3) is 5.96. The molecule has 1 atom stereocenters. The number of anilines is 1. The molecular weight excluding hydrogens is 445 g/mol. The first-order valence-corrected chi connectivity index (χ1v) is 11.5. The predicted octanol–water partition coefficient (Wildman–Crippen LogP) is 6.29. The minimum atomic E-state index is -1.21. The van der Waals surface area contributed by atoms with Crippen LogP contribution in [0.2, 0.25) is 5.02 Å². The maximum Gasteiger partial charge on any atom is 0.410 e. The van der Waals surface area contributed by atoms with Crippen molar-refractivity contribution >= 4 is 29.6 Å². The van der Waals surface area contributed by atoms with Gasteiger partial charge in [0.1, 0.15) is 11.8 Å². The van der Waals surface area contributed by atoms with E-state index >= 15 is 0 Å². The Morgan fingerprint density at radius 2 is 1.88 bits per heavy atom. The van der Waals surface area contributed by atoms with E-state index in [0.29, 0.717) is 54.3 Å². The molecule has 2 aromatic rings. The Labute approximate surface area is 199 Å². The van der Waals surface area contributed by atoms with Crippen molar-refractivity contribution in [2.75, 3.05) is 31.1 Å². The summed E-state index contributed by atoms with van der Waals surface area (Å²) < 4.78 is 20.4. The Morgan fingerprint density at radius 1 is 1.21 bits per heavy atom. The predicted molar refractivity (Wildman–Crippen MR) is 130 cm³/mol. The van der Waals surface area contributed by atoms with Crippen molar-refractivity contribution in [1.29, 1.82) is 0 Å². The second-order valence-corrected chi connectivity index (χ2v) is 9.44. The lowest BCUT2D eigenvalue weighted by Crippen LogP contribution is -2.50. The van der Waals surface area contributed by atoms with Gasteiger partial charge < -0.3 is 19.7 Å². The Morgan fingerprint density at radius 3 is 2.48 bits per heavy atom. The second kappa shape index (κ2) is 10.4. The second-order valence-electron chi connectivity index (χ2n) is 9.06. The Balaban J connectivity index is 1.94. The monoisotopic (exact) mass is 475 g/mol. The number of rotatable bonds is 5. The number of piperazine rings is 1. The molecule has 0 radical (unpaired) electrons. The number of halogens is 2. The highest BCUT2D eigenvalue weighted by molar-refractivity contribution is 6.34. The average molecular weight is 476 g/mol. The Kier molecular flexibility index (Phi) is 7.84. The van der Waals surface area contributed by atoms with Crippen molar-refractivity contribution in [2.45, 2.75) is 45.9 Å². The zero-order valence-electron chi connectivity index (χ0n) is 19.5. The number of alkyl halides is 1. The molecule has 6 nitrogen and oxygen atoms in total. The normalized spacial score (nSPS) is 15.7. The summed E-state index contributed by atoms with van der Waals surface area (Å²) >= 11 is 6.69. The Bertz CT molecular complexity index is 1010. The molecule has 178 valence electrons. The first kappa shape index (κ1) is 24.8. The van der Waals surface area contributed by atoms with Gasteiger partial charge in [0.15, 0.2) is 0 Å². The van der Waals surface area contributed by atoms with Gasteiger partial charge in [0.05, 0.1) is 11.2 Å². The molecule has 1 N–H and O–H groups in total. The summed E-state index contributed by atoms with van der Waals surface area (Å²) in [5.41, 5.74) is 2.81. The molecule has 0 aromatic heterocycles. The molecule has 1 fully saturated rings. The molecule has 0 spiro atoms. The molecule has 0 saturated carbocycles. The van der Waals surface area contributed by atoms with Gasteiger partial charge in [-0.05, 0) is 44.9 Å². The molecule has 8 heteroatoms. The number of carbonyl (C=O) groups excluding carboxylic acids is 1. The molecule has 1 saturated heterocycles. The third-order valence-electron chi connectivity index (χ3n) is 5.53. The van der Waals surface area contributed by atoms with Crippen LogP contribution in [0.15, 0.2) is 41.6 Å². The number of hydrogen-bond donors (Lipinski definition) is 1. The number of oxime groups is 1. The number of carbonyl (C=O) groups is 1. The molecule has 3 rings (SSSR count). The quantitative estimate of drug-likeness (QED) is 0.313. The van der Waals surface area contributed by atoms with Gasteiger partial charge in [-0.1, -0.05) is 47.9 Å². The summed E-state index contributed by atoms with van der Waals surface area (Å²) in [4.78, 5) is 16.2. The van der Waals surface area contributed by atoms with E-state index in [4.69, 9.17) is 21.5 Å². The fourth-order valence-corrected chi connectivity index (χ4v) is 4.18. The molecule has 0 bridgehead atoms. The smallest absolute Gasteiger partial charge is 0.410 e. The van der Waals surface area contributed by atoms with Crippen LogP contribution in [0.4, 0.5) is 14.9 Å². The lowest BCUT2D eigenvalue weighted by Gasteiger charge is -2.37. The number of nitrogens with zero attached hydrogens (tertiary/aromatic N) is 3. The zero-order valence-corrected chi connectivity index (χ0v) is 20.3. The first-order chi connectivity index (χ1) is 15.6. The summed E-state index contributed by atoms with van der Waals surface area (Å²) in [5.74, 6) is 0. The fourth-order valence-electron chi connectivity index (χ4n) is 3.85. The van der Waals surface area contributed by atoms with E-state index in [2.05, 4.69) is 10.1 Å². The van der Waals surface area contributed by atoms with Crippen molar-refractivity contribution in [2.24, 2.45) is 5.16 Å². The number of benzene rings is 2. The van der Waals surface area contributed by atoms with Gasteiger partial charge in [-0.2, -0.15) is 0 Å². The minimum absolute atomic E-state index is 0.300. The fraction of sp³-hybridized carbons (Fsp3) is 0.440. The molecule has 2 aromatic carbocycles. The van der Waals surface area contributed by atoms with Gasteiger partial charge in [-0.3, -0.25) is 0 Å². The first-order valence-electron chi connectivity index (χ1n) is 11.1. The van der Waals surface area contributed by atoms with E-state index in [1.165, 1.54) is 6.21 Å². The Hall–Kier alpha value is -2.80. The number of ether oxygens (including phenoxy) is 1. The van der Waals surface area contributed by atoms with Crippen LogP contribution in [-0.2, 0) is 4.74 Å². The highest BCUT2D eigenvalue weighted by Gasteiger charge is 2.27. The molecule has 0 aliphatic carbocycles. The number of amides is 1. The zero-order chi connectivity index (χ0) is 24.2. The molecule has 1 aliphatic heterocycles. The van der Waals surface area contributed by atoms with E-state index in [0.717, 1.165) is 11.3 Å². The summed E-state index contributed by atoms with van der Waals surface area (Å²) in [6.07, 6.45) is 0.101. The summed E-state index contributed by atoms with van der Waals surface area (Å²) in [6, 6.07) is 11.1. The minimum Gasteiger partial charge on any atom is -0.444 e. The van der Waals surface area contributed by atoms with E-state index in [-0.39, 0.29) is 6.09 Å². The summed E-state index contributed by atoms with van der Waals surface area (Å²) in [5, 5.41) is 12.6. The van der Waals surface area contributed by atoms with Crippen LogP contribution in [0.5, 0.6) is 0 Å². The van der Waals surface area contributed by atoms with Crippen LogP contribution < -0.4 is 4.90 Å². The van der Waals surface area contributed by atoms with Crippen molar-refractivity contribution in [1.82, 2.24) is 4.90 Å². The lowest BCUT2D eigenvalue weighted by molar-refractivity contribution is 0.0240. The van der Waals surface area contributed by atoms with E-state index in [1.807, 2.05) is 51.1 Å². The largest absolute Gasteiger partial charge is 0.444 e. The van der Waals surface area contributed by atoms with Crippen LogP contribution in [0.25, 0.3) is 11.1 Å². The van der Waals surface area contributed by atoms with Gasteiger partial charge in [-0.15, -0.1) is 0 Å². The molecule has 1 unspecified atom stereocenters. The van der Waals surface area contributed by atoms with E-state index in [9.17, 15) is 9.18 Å². The highest BCUT2D eigenvalue weighted by Crippen LogP contribution is 2.40. The van der Waals surface area contributed by atoms with Gasteiger partial charge in [-0.25, -0.2) is 9.18 Å². The molecular formula is C25H31ClFN3O3. The highest BCUT2D eigenvalue weighted by atomic mass is 35.5. The van der Waals surface area contributed by atoms with Gasteiger partial charge in [0, 0.05) is 48.6 Å². The topological polar surface area (TPSA) is 65.4 Å². The maximum absolute atomic E-state index is 14.9. The van der Waals surface area contributed by atoms with Crippen molar-refractivity contribution in [3.8, 4) is 11.1 Å². The molecule has 33 heavy (non-hydrogen) atoms. The van der Waals surface area contributed by atoms with Crippen molar-refractivity contribution < 1.29 is 19.1 Å². The van der Waals surface area contributed by atoms with E-state index < -0.39 is 11.8 Å². The van der Waals surface area contributed by atoms with Gasteiger partial charge in [0.25, 0.3) is 0 Å². The third-order valence-corrected chi connectivity index (χ3v) is 5.95. The SMILES string of the molecule is CCC(F)c1cc(N2CCN(C(=O)OC(C)(C)C)CC2)cc(-c2ccccc2/C=N\O)c1Cl. The molecule has 1 amide bonds. The lowest BCUT2D eigenvalue weighted by atomic mass is 9.95. The van der Waals surface area contributed by atoms with Crippen LogP contribution in [0.1, 0.15) is 51.4 Å². The van der Waals surface area contributed by atoms with E-state index in [1.54, 1.807) is 17.9 Å². The average Bonchev–Trinajstić information content (AvgIpc) is 2.78. The van der Waals surface area contributed by atoms with Crippen LogP contribution in [0, 0.1) is 0 Å². The van der Waals surface area contributed by atoms with Crippen molar-refractivity contribution in [3.63, 3.8) is 0 Å². The summed E-state index contributed by atoms with van der Waals surface area (Å²) in [6.45, 7) is 9.49. The summed E-state index contributed by atoms with van der Waals surface area (Å²) in [7, 11) is 0. The van der Waals surface area contributed by atoms with Crippen molar-refractivity contribution in [3.05, 3.63) is 52.5 Å². The van der Waals surface area contributed by atoms with Crippen LogP contribution in [0.3, 0.4) is 0 Å². The molecule has 1 aliphatic rings. The standard InChI is InChI=1S/C25H31ClFN3O3/c1-5-22(27)21-15-18(29-10-12-30(13-11-29)24(31)33-25(2,3)4)14-20(23(21)26)19-9-7-6-8-17(19)16-28-32/h6-9,14-16,22,32H,5,10-13H2,1-4H3/b28-16-. The maximum atomic E-state index is 14.9.